The van der Waals surface area contributed by atoms with Gasteiger partial charge < -0.3 is 0 Å². The fourth-order valence-electron chi connectivity index (χ4n) is 1.16. The van der Waals surface area contributed by atoms with Gasteiger partial charge in [0.05, 0.1) is 5.52 Å². The molecule has 1 aromatic heterocycles. The van der Waals surface area contributed by atoms with Crippen LogP contribution in [0.15, 0.2) is 24.3 Å². The minimum absolute atomic E-state index is 0.480. The number of rotatable bonds is 0. The Morgan fingerprint density at radius 1 is 1.17 bits per heavy atom. The number of fused-ring (bicyclic) bond motifs is 1. The van der Waals surface area contributed by atoms with E-state index in [1.165, 1.54) is 0 Å². The number of aromatic nitrogens is 2. The summed E-state index contributed by atoms with van der Waals surface area (Å²) in [6.07, 6.45) is 0. The maximum Gasteiger partial charge on any atom is 0.155 e. The molecule has 0 amide bonds. The third-order valence-corrected chi connectivity index (χ3v) is 2.22. The molecule has 2 aromatic rings. The van der Waals surface area contributed by atoms with Gasteiger partial charge in [0.15, 0.2) is 5.15 Å². The summed E-state index contributed by atoms with van der Waals surface area (Å²) < 4.78 is 0. The van der Waals surface area contributed by atoms with Gasteiger partial charge >= 0.3 is 0 Å². The molecule has 3 heteroatoms. The molecule has 0 aliphatic carbocycles. The highest BCUT2D eigenvalue weighted by molar-refractivity contribution is 6.30. The average Bonchev–Trinajstić information content (AvgIpc) is 2.12. The quantitative estimate of drug-likeness (QED) is 0.620. The molecular weight excluding hydrogens is 172 g/mol. The molecule has 0 unspecified atom stereocenters. The Labute approximate surface area is 75.2 Å². The Morgan fingerprint density at radius 3 is 2.75 bits per heavy atom. The van der Waals surface area contributed by atoms with Crippen LogP contribution in [0.25, 0.3) is 10.9 Å². The summed E-state index contributed by atoms with van der Waals surface area (Å²) in [6.45, 7) is 1.94. The normalized spacial score (nSPS) is 10.5. The first-order valence-corrected chi connectivity index (χ1v) is 4.04. The number of hydrogen-bond acceptors (Lipinski definition) is 2. The molecular formula is C9H7ClN2. The molecule has 0 fully saturated rings. The van der Waals surface area contributed by atoms with Crippen LogP contribution < -0.4 is 0 Å². The summed E-state index contributed by atoms with van der Waals surface area (Å²) in [5, 5.41) is 9.33. The standard InChI is InChI=1S/C9H7ClN2/c1-6-7-4-2-3-5-8(7)11-12-9(6)10/h2-5H,1H3. The smallest absolute Gasteiger partial charge is 0.149 e. The molecule has 2 nitrogen and oxygen atoms in total. The molecule has 60 valence electrons. The fourth-order valence-corrected chi connectivity index (χ4v) is 1.30. The van der Waals surface area contributed by atoms with E-state index in [1.54, 1.807) is 0 Å². The van der Waals surface area contributed by atoms with E-state index < -0.39 is 0 Å². The van der Waals surface area contributed by atoms with Crippen molar-refractivity contribution in [3.05, 3.63) is 35.0 Å². The van der Waals surface area contributed by atoms with Gasteiger partial charge in [-0.25, -0.2) is 0 Å². The summed E-state index contributed by atoms with van der Waals surface area (Å²) in [5.41, 5.74) is 1.88. The lowest BCUT2D eigenvalue weighted by molar-refractivity contribution is 1.06. The molecule has 2 rings (SSSR count). The molecule has 0 saturated heterocycles. The van der Waals surface area contributed by atoms with Gasteiger partial charge in [-0.3, -0.25) is 0 Å². The van der Waals surface area contributed by atoms with E-state index in [0.29, 0.717) is 5.15 Å². The molecule has 1 aromatic carbocycles. The van der Waals surface area contributed by atoms with Gasteiger partial charge in [0, 0.05) is 5.39 Å². The second kappa shape index (κ2) is 2.72. The zero-order valence-corrected chi connectivity index (χ0v) is 7.34. The number of halogens is 1. The first-order chi connectivity index (χ1) is 5.79. The molecule has 0 saturated carbocycles. The average molecular weight is 179 g/mol. The Hall–Kier alpha value is -1.15. The molecule has 0 spiro atoms. The predicted octanol–water partition coefficient (Wildman–Crippen LogP) is 2.59. The SMILES string of the molecule is Cc1c(Cl)nnc2ccccc12. The van der Waals surface area contributed by atoms with E-state index in [-0.39, 0.29) is 0 Å². The van der Waals surface area contributed by atoms with Crippen molar-refractivity contribution in [2.75, 3.05) is 0 Å². The highest BCUT2D eigenvalue weighted by Gasteiger charge is 2.02. The van der Waals surface area contributed by atoms with Crippen LogP contribution in [0.5, 0.6) is 0 Å². The minimum atomic E-state index is 0.480. The molecule has 0 aliphatic rings. The number of hydrogen-bond donors (Lipinski definition) is 0. The third kappa shape index (κ3) is 1.04. The number of nitrogens with zero attached hydrogens (tertiary/aromatic N) is 2. The summed E-state index contributed by atoms with van der Waals surface area (Å²) in [5.74, 6) is 0. The largest absolute Gasteiger partial charge is 0.155 e. The van der Waals surface area contributed by atoms with Gasteiger partial charge in [0.2, 0.25) is 0 Å². The topological polar surface area (TPSA) is 25.8 Å². The van der Waals surface area contributed by atoms with Crippen LogP contribution in [0, 0.1) is 6.92 Å². The maximum atomic E-state index is 5.81. The van der Waals surface area contributed by atoms with Crippen LogP contribution in [0.1, 0.15) is 5.56 Å². The van der Waals surface area contributed by atoms with Gasteiger partial charge in [-0.05, 0) is 18.6 Å². The number of aryl methyl sites for hydroxylation is 1. The van der Waals surface area contributed by atoms with Gasteiger partial charge in [0.1, 0.15) is 0 Å². The van der Waals surface area contributed by atoms with Crippen LogP contribution in [-0.4, -0.2) is 10.2 Å². The van der Waals surface area contributed by atoms with E-state index in [2.05, 4.69) is 10.2 Å². The van der Waals surface area contributed by atoms with Gasteiger partial charge in [-0.1, -0.05) is 29.8 Å². The fraction of sp³-hybridized carbons (Fsp3) is 0.111. The summed E-state index contributed by atoms with van der Waals surface area (Å²) in [4.78, 5) is 0. The van der Waals surface area contributed by atoms with Gasteiger partial charge in [-0.15, -0.1) is 10.2 Å². The highest BCUT2D eigenvalue weighted by atomic mass is 35.5. The van der Waals surface area contributed by atoms with Crippen LogP contribution >= 0.6 is 11.6 Å². The first kappa shape index (κ1) is 7.50. The number of benzene rings is 1. The summed E-state index contributed by atoms with van der Waals surface area (Å²) in [7, 11) is 0. The Morgan fingerprint density at radius 2 is 1.92 bits per heavy atom. The van der Waals surface area contributed by atoms with E-state index in [1.807, 2.05) is 31.2 Å². The molecule has 0 bridgehead atoms. The van der Waals surface area contributed by atoms with Crippen LogP contribution in [-0.2, 0) is 0 Å². The van der Waals surface area contributed by atoms with Crippen molar-refractivity contribution in [2.45, 2.75) is 6.92 Å². The van der Waals surface area contributed by atoms with E-state index >= 15 is 0 Å². The van der Waals surface area contributed by atoms with Crippen molar-refractivity contribution in [2.24, 2.45) is 0 Å². The lowest BCUT2D eigenvalue weighted by Crippen LogP contribution is -1.88. The Balaban J connectivity index is 2.91. The van der Waals surface area contributed by atoms with Crippen LogP contribution in [0.4, 0.5) is 0 Å². The van der Waals surface area contributed by atoms with Crippen molar-refractivity contribution in [3.8, 4) is 0 Å². The zero-order valence-electron chi connectivity index (χ0n) is 6.58. The zero-order chi connectivity index (χ0) is 8.55. The Bertz CT molecular complexity index is 426. The molecule has 1 heterocycles. The van der Waals surface area contributed by atoms with Crippen molar-refractivity contribution in [1.29, 1.82) is 0 Å². The van der Waals surface area contributed by atoms with Crippen molar-refractivity contribution >= 4 is 22.5 Å². The second-order valence-electron chi connectivity index (χ2n) is 2.63. The lowest BCUT2D eigenvalue weighted by Gasteiger charge is -2.00. The maximum absolute atomic E-state index is 5.81. The molecule has 12 heavy (non-hydrogen) atoms. The van der Waals surface area contributed by atoms with Crippen LogP contribution in [0.3, 0.4) is 0 Å². The van der Waals surface area contributed by atoms with Gasteiger partial charge in [-0.2, -0.15) is 0 Å². The van der Waals surface area contributed by atoms with Crippen LogP contribution in [0.2, 0.25) is 5.15 Å². The van der Waals surface area contributed by atoms with Crippen molar-refractivity contribution in [3.63, 3.8) is 0 Å². The minimum Gasteiger partial charge on any atom is -0.149 e. The molecule has 0 atom stereocenters. The second-order valence-corrected chi connectivity index (χ2v) is 2.99. The molecule has 0 radical (unpaired) electrons. The van der Waals surface area contributed by atoms with E-state index in [0.717, 1.165) is 16.5 Å². The summed E-state index contributed by atoms with van der Waals surface area (Å²) >= 11 is 5.81. The van der Waals surface area contributed by atoms with E-state index in [4.69, 9.17) is 11.6 Å². The molecule has 0 aliphatic heterocycles. The lowest BCUT2D eigenvalue weighted by atomic mass is 10.1. The highest BCUT2D eigenvalue weighted by Crippen LogP contribution is 2.20. The van der Waals surface area contributed by atoms with E-state index in [9.17, 15) is 0 Å². The third-order valence-electron chi connectivity index (χ3n) is 1.86. The Kier molecular flexibility index (Phi) is 1.70. The first-order valence-electron chi connectivity index (χ1n) is 3.66. The molecule has 0 N–H and O–H groups in total. The monoisotopic (exact) mass is 178 g/mol. The predicted molar refractivity (Wildman–Crippen MR) is 49.3 cm³/mol. The van der Waals surface area contributed by atoms with Crippen molar-refractivity contribution in [1.82, 2.24) is 10.2 Å². The van der Waals surface area contributed by atoms with Crippen molar-refractivity contribution < 1.29 is 0 Å². The van der Waals surface area contributed by atoms with Gasteiger partial charge in [0.25, 0.3) is 0 Å². The summed E-state index contributed by atoms with van der Waals surface area (Å²) in [6, 6.07) is 7.81.